The van der Waals surface area contributed by atoms with Gasteiger partial charge in [-0.1, -0.05) is 6.92 Å². The van der Waals surface area contributed by atoms with E-state index < -0.39 is 5.97 Å². The van der Waals surface area contributed by atoms with Gasteiger partial charge in [0.25, 0.3) is 0 Å². The van der Waals surface area contributed by atoms with E-state index in [0.29, 0.717) is 5.92 Å². The van der Waals surface area contributed by atoms with Crippen LogP contribution >= 0.6 is 0 Å². The fourth-order valence-electron chi connectivity index (χ4n) is 1.94. The van der Waals surface area contributed by atoms with E-state index in [1.807, 2.05) is 0 Å². The summed E-state index contributed by atoms with van der Waals surface area (Å²) < 4.78 is 5.24. The molecule has 1 rings (SSSR count). The van der Waals surface area contributed by atoms with Crippen molar-refractivity contribution in [2.24, 2.45) is 11.8 Å². The predicted molar refractivity (Wildman–Crippen MR) is 44.9 cm³/mol. The van der Waals surface area contributed by atoms with E-state index in [1.165, 1.54) is 0 Å². The zero-order valence-corrected chi connectivity index (χ0v) is 7.62. The van der Waals surface area contributed by atoms with Gasteiger partial charge in [0.1, 0.15) is 0 Å². The van der Waals surface area contributed by atoms with Crippen molar-refractivity contribution in [2.45, 2.75) is 32.3 Å². The van der Waals surface area contributed by atoms with Crippen LogP contribution < -0.4 is 0 Å². The third kappa shape index (κ3) is 1.97. The predicted octanol–water partition coefficient (Wildman–Crippen LogP) is 1.52. The number of hydrogen-bond donors (Lipinski definition) is 1. The summed E-state index contributed by atoms with van der Waals surface area (Å²) in [6.45, 7) is 2.06. The first-order valence-electron chi connectivity index (χ1n) is 4.40. The Hall–Kier alpha value is -0.570. The molecule has 1 fully saturated rings. The van der Waals surface area contributed by atoms with Crippen LogP contribution in [0, 0.1) is 11.8 Å². The highest BCUT2D eigenvalue weighted by Crippen LogP contribution is 2.30. The molecular formula is C9H16O3. The first-order chi connectivity index (χ1) is 5.65. The van der Waals surface area contributed by atoms with Gasteiger partial charge in [0.2, 0.25) is 0 Å². The van der Waals surface area contributed by atoms with Crippen LogP contribution in [0.15, 0.2) is 0 Å². The van der Waals surface area contributed by atoms with E-state index in [0.717, 1.165) is 19.3 Å². The topological polar surface area (TPSA) is 46.5 Å². The molecule has 0 amide bonds. The Morgan fingerprint density at radius 2 is 2.17 bits per heavy atom. The van der Waals surface area contributed by atoms with Crippen LogP contribution in [0.2, 0.25) is 0 Å². The zero-order valence-electron chi connectivity index (χ0n) is 7.62. The summed E-state index contributed by atoms with van der Waals surface area (Å²) in [6.07, 6.45) is 2.67. The lowest BCUT2D eigenvalue weighted by Crippen LogP contribution is -2.32. The van der Waals surface area contributed by atoms with Crippen molar-refractivity contribution >= 4 is 5.97 Å². The lowest BCUT2D eigenvalue weighted by Gasteiger charge is -2.31. The molecule has 0 unspecified atom stereocenters. The first kappa shape index (κ1) is 9.52. The largest absolute Gasteiger partial charge is 0.481 e. The summed E-state index contributed by atoms with van der Waals surface area (Å²) in [5.74, 6) is -0.423. The maximum atomic E-state index is 10.7. The van der Waals surface area contributed by atoms with Crippen molar-refractivity contribution in [1.29, 1.82) is 0 Å². The van der Waals surface area contributed by atoms with Crippen molar-refractivity contribution in [3.63, 3.8) is 0 Å². The normalized spacial score (nSPS) is 36.3. The Morgan fingerprint density at radius 3 is 2.58 bits per heavy atom. The van der Waals surface area contributed by atoms with Crippen LogP contribution in [0.5, 0.6) is 0 Å². The van der Waals surface area contributed by atoms with Gasteiger partial charge in [-0.3, -0.25) is 4.79 Å². The van der Waals surface area contributed by atoms with Crippen LogP contribution in [0.4, 0.5) is 0 Å². The minimum atomic E-state index is -0.656. The van der Waals surface area contributed by atoms with Gasteiger partial charge in [-0.15, -0.1) is 0 Å². The minimum absolute atomic E-state index is 0.147. The Balaban J connectivity index is 2.46. The summed E-state index contributed by atoms with van der Waals surface area (Å²) in [7, 11) is 1.70. The van der Waals surface area contributed by atoms with Gasteiger partial charge in [-0.05, 0) is 25.2 Å². The summed E-state index contributed by atoms with van der Waals surface area (Å²) in [4.78, 5) is 10.7. The van der Waals surface area contributed by atoms with Gasteiger partial charge in [-0.2, -0.15) is 0 Å². The lowest BCUT2D eigenvalue weighted by atomic mass is 9.80. The molecule has 1 N–H and O–H groups in total. The van der Waals surface area contributed by atoms with Crippen molar-refractivity contribution < 1.29 is 14.6 Å². The molecule has 0 aromatic rings. The average molecular weight is 172 g/mol. The number of carbonyl (C=O) groups is 1. The molecule has 0 aromatic carbocycles. The monoisotopic (exact) mass is 172 g/mol. The number of carboxylic acid groups (broad SMARTS) is 1. The highest BCUT2D eigenvalue weighted by atomic mass is 16.5. The lowest BCUT2D eigenvalue weighted by molar-refractivity contribution is -0.144. The number of rotatable bonds is 2. The van der Waals surface area contributed by atoms with Crippen molar-refractivity contribution in [2.75, 3.05) is 7.11 Å². The molecule has 3 atom stereocenters. The van der Waals surface area contributed by atoms with Gasteiger partial charge in [-0.25, -0.2) is 0 Å². The second-order valence-electron chi connectivity index (χ2n) is 3.60. The molecule has 1 aliphatic rings. The molecule has 1 aliphatic carbocycles. The quantitative estimate of drug-likeness (QED) is 0.687. The van der Waals surface area contributed by atoms with E-state index in [2.05, 4.69) is 6.92 Å². The molecule has 12 heavy (non-hydrogen) atoms. The Morgan fingerprint density at radius 1 is 1.50 bits per heavy atom. The van der Waals surface area contributed by atoms with Gasteiger partial charge in [0.15, 0.2) is 0 Å². The van der Waals surface area contributed by atoms with E-state index in [1.54, 1.807) is 7.11 Å². The number of ether oxygens (including phenoxy) is 1. The van der Waals surface area contributed by atoms with Crippen LogP contribution in [-0.2, 0) is 9.53 Å². The number of hydrogen-bond acceptors (Lipinski definition) is 2. The molecule has 0 saturated heterocycles. The molecule has 3 heteroatoms. The SMILES string of the molecule is CO[C@@H]1CC[C@@H](C(=O)O)C[C@@H]1C. The third-order valence-corrected chi connectivity index (χ3v) is 2.74. The Labute approximate surface area is 72.7 Å². The summed E-state index contributed by atoms with van der Waals surface area (Å²) >= 11 is 0. The van der Waals surface area contributed by atoms with E-state index in [-0.39, 0.29) is 12.0 Å². The zero-order chi connectivity index (χ0) is 9.14. The second-order valence-corrected chi connectivity index (χ2v) is 3.60. The summed E-state index contributed by atoms with van der Waals surface area (Å²) in [5, 5.41) is 8.77. The van der Waals surface area contributed by atoms with E-state index in [9.17, 15) is 4.79 Å². The molecule has 1 saturated carbocycles. The standard InChI is InChI=1S/C9H16O3/c1-6-5-7(9(10)11)3-4-8(6)12-2/h6-8H,3-5H2,1-2H3,(H,10,11)/t6-,7+,8+/m0/s1. The highest BCUT2D eigenvalue weighted by Gasteiger charge is 2.30. The third-order valence-electron chi connectivity index (χ3n) is 2.74. The van der Waals surface area contributed by atoms with Crippen molar-refractivity contribution in [3.05, 3.63) is 0 Å². The molecule has 0 bridgehead atoms. The van der Waals surface area contributed by atoms with E-state index >= 15 is 0 Å². The molecular weight excluding hydrogens is 156 g/mol. The molecule has 3 nitrogen and oxygen atoms in total. The first-order valence-corrected chi connectivity index (χ1v) is 4.40. The number of aliphatic carboxylic acids is 1. The van der Waals surface area contributed by atoms with Gasteiger partial charge < -0.3 is 9.84 Å². The second kappa shape index (κ2) is 3.90. The van der Waals surface area contributed by atoms with Crippen LogP contribution in [0.1, 0.15) is 26.2 Å². The Bertz CT molecular complexity index is 167. The fourth-order valence-corrected chi connectivity index (χ4v) is 1.94. The highest BCUT2D eigenvalue weighted by molar-refractivity contribution is 5.70. The van der Waals surface area contributed by atoms with E-state index in [4.69, 9.17) is 9.84 Å². The maximum absolute atomic E-state index is 10.7. The van der Waals surface area contributed by atoms with Crippen molar-refractivity contribution in [1.82, 2.24) is 0 Å². The molecule has 0 aromatic heterocycles. The molecule has 0 aliphatic heterocycles. The number of carboxylic acids is 1. The molecule has 0 radical (unpaired) electrons. The Kier molecular flexibility index (Phi) is 3.09. The molecule has 0 spiro atoms. The maximum Gasteiger partial charge on any atom is 0.306 e. The van der Waals surface area contributed by atoms with Gasteiger partial charge >= 0.3 is 5.97 Å². The smallest absolute Gasteiger partial charge is 0.306 e. The number of methoxy groups -OCH3 is 1. The van der Waals surface area contributed by atoms with Crippen LogP contribution in [0.3, 0.4) is 0 Å². The fraction of sp³-hybridized carbons (Fsp3) is 0.889. The summed E-state index contributed by atoms with van der Waals surface area (Å²) in [6, 6.07) is 0. The minimum Gasteiger partial charge on any atom is -0.481 e. The average Bonchev–Trinajstić information content (AvgIpc) is 2.04. The van der Waals surface area contributed by atoms with Gasteiger partial charge in [0.05, 0.1) is 12.0 Å². The molecule has 70 valence electrons. The van der Waals surface area contributed by atoms with Crippen LogP contribution in [-0.4, -0.2) is 24.3 Å². The van der Waals surface area contributed by atoms with Crippen molar-refractivity contribution in [3.8, 4) is 0 Å². The summed E-state index contributed by atoms with van der Waals surface area (Å²) in [5.41, 5.74) is 0. The van der Waals surface area contributed by atoms with Crippen LogP contribution in [0.25, 0.3) is 0 Å². The van der Waals surface area contributed by atoms with Gasteiger partial charge in [0, 0.05) is 7.11 Å². The molecule has 0 heterocycles.